The first-order chi connectivity index (χ1) is 12.8. The third-order valence-electron chi connectivity index (χ3n) is 4.05. The fourth-order valence-corrected chi connectivity index (χ4v) is 4.67. The van der Waals surface area contributed by atoms with E-state index in [0.717, 1.165) is 20.8 Å². The molecule has 0 saturated carbocycles. The van der Waals surface area contributed by atoms with Crippen LogP contribution in [-0.2, 0) is 10.5 Å². The van der Waals surface area contributed by atoms with E-state index in [-0.39, 0.29) is 17.5 Å². The van der Waals surface area contributed by atoms with Crippen LogP contribution in [0.5, 0.6) is 0 Å². The SMILES string of the molecule is Cc1ccc(-c2c(C)sc3nc(CSCC(=O)NC(C)C)[nH]c(=O)c23)cc1. The van der Waals surface area contributed by atoms with Crippen molar-refractivity contribution in [3.8, 4) is 11.1 Å². The van der Waals surface area contributed by atoms with Gasteiger partial charge in [0.25, 0.3) is 5.56 Å². The Morgan fingerprint density at radius 3 is 2.63 bits per heavy atom. The first-order valence-electron chi connectivity index (χ1n) is 8.81. The number of aromatic amines is 1. The standard InChI is InChI=1S/C20H23N3O2S2/c1-11(2)21-16(24)10-26-9-15-22-19(25)18-17(13(4)27-20(18)23-15)14-7-5-12(3)6-8-14/h5-8,11H,9-10H2,1-4H3,(H,21,24)(H,22,23,25). The van der Waals surface area contributed by atoms with Gasteiger partial charge in [0.1, 0.15) is 10.7 Å². The first kappa shape index (κ1) is 19.6. The maximum atomic E-state index is 12.7. The number of amides is 1. The molecular weight excluding hydrogens is 378 g/mol. The Morgan fingerprint density at radius 2 is 1.96 bits per heavy atom. The lowest BCUT2D eigenvalue weighted by Gasteiger charge is -2.07. The molecule has 0 aliphatic carbocycles. The third kappa shape index (κ3) is 4.59. The molecule has 0 fully saturated rings. The van der Waals surface area contributed by atoms with E-state index in [9.17, 15) is 9.59 Å². The zero-order chi connectivity index (χ0) is 19.6. The zero-order valence-corrected chi connectivity index (χ0v) is 17.5. The number of thioether (sulfide) groups is 1. The third-order valence-corrected chi connectivity index (χ3v) is 5.99. The summed E-state index contributed by atoms with van der Waals surface area (Å²) in [5.41, 5.74) is 3.05. The van der Waals surface area contributed by atoms with Gasteiger partial charge >= 0.3 is 0 Å². The lowest BCUT2D eigenvalue weighted by Crippen LogP contribution is -2.31. The van der Waals surface area contributed by atoms with Crippen molar-refractivity contribution in [3.63, 3.8) is 0 Å². The van der Waals surface area contributed by atoms with E-state index in [0.29, 0.717) is 22.7 Å². The Bertz CT molecular complexity index is 1020. The van der Waals surface area contributed by atoms with Crippen molar-refractivity contribution in [1.29, 1.82) is 0 Å². The highest BCUT2D eigenvalue weighted by Crippen LogP contribution is 2.35. The maximum Gasteiger partial charge on any atom is 0.260 e. The predicted molar refractivity (Wildman–Crippen MR) is 115 cm³/mol. The number of carbonyl (C=O) groups is 1. The minimum Gasteiger partial charge on any atom is -0.353 e. The first-order valence-corrected chi connectivity index (χ1v) is 10.8. The number of hydrogen-bond donors (Lipinski definition) is 2. The van der Waals surface area contributed by atoms with Gasteiger partial charge in [0.2, 0.25) is 5.91 Å². The molecule has 7 heteroatoms. The Labute approximate surface area is 166 Å². The van der Waals surface area contributed by atoms with Crippen LogP contribution in [0.4, 0.5) is 0 Å². The largest absolute Gasteiger partial charge is 0.353 e. The molecule has 0 aliphatic heterocycles. The minimum absolute atomic E-state index is 0.00736. The number of hydrogen-bond acceptors (Lipinski definition) is 5. The van der Waals surface area contributed by atoms with Crippen molar-refractivity contribution in [2.24, 2.45) is 0 Å². The van der Waals surface area contributed by atoms with E-state index in [1.54, 1.807) is 0 Å². The van der Waals surface area contributed by atoms with Crippen molar-refractivity contribution in [2.45, 2.75) is 39.5 Å². The topological polar surface area (TPSA) is 74.8 Å². The summed E-state index contributed by atoms with van der Waals surface area (Å²) in [6, 6.07) is 8.31. The fraction of sp³-hybridized carbons (Fsp3) is 0.350. The van der Waals surface area contributed by atoms with Gasteiger partial charge in [-0.2, -0.15) is 0 Å². The number of H-pyrrole nitrogens is 1. The summed E-state index contributed by atoms with van der Waals surface area (Å²) in [7, 11) is 0. The van der Waals surface area contributed by atoms with Crippen LogP contribution in [0.1, 0.15) is 30.1 Å². The van der Waals surface area contributed by atoms with Gasteiger partial charge in [-0.15, -0.1) is 23.1 Å². The monoisotopic (exact) mass is 401 g/mol. The Hall–Kier alpha value is -2.12. The van der Waals surface area contributed by atoms with E-state index in [1.807, 2.05) is 52.0 Å². The van der Waals surface area contributed by atoms with Crippen molar-refractivity contribution in [3.05, 3.63) is 50.9 Å². The molecule has 1 aromatic carbocycles. The molecule has 3 aromatic rings. The number of rotatable bonds is 6. The van der Waals surface area contributed by atoms with E-state index in [1.165, 1.54) is 28.7 Å². The molecule has 0 spiro atoms. The summed E-state index contributed by atoms with van der Waals surface area (Å²) < 4.78 is 0. The Balaban J connectivity index is 1.85. The second-order valence-corrected chi connectivity index (χ2v) is 9.00. The molecule has 142 valence electrons. The molecule has 0 unspecified atom stereocenters. The van der Waals surface area contributed by atoms with Gasteiger partial charge in [-0.3, -0.25) is 9.59 Å². The lowest BCUT2D eigenvalue weighted by molar-refractivity contribution is -0.119. The van der Waals surface area contributed by atoms with Crippen LogP contribution in [0.2, 0.25) is 0 Å². The summed E-state index contributed by atoms with van der Waals surface area (Å²) in [5, 5.41) is 3.50. The van der Waals surface area contributed by atoms with Gasteiger partial charge in [0.15, 0.2) is 0 Å². The second-order valence-electron chi connectivity index (χ2n) is 6.81. The minimum atomic E-state index is -0.123. The molecule has 27 heavy (non-hydrogen) atoms. The van der Waals surface area contributed by atoms with E-state index < -0.39 is 0 Å². The molecule has 2 aromatic heterocycles. The highest BCUT2D eigenvalue weighted by Gasteiger charge is 2.16. The average molecular weight is 402 g/mol. The van der Waals surface area contributed by atoms with Crippen molar-refractivity contribution in [1.82, 2.24) is 15.3 Å². The van der Waals surface area contributed by atoms with Gasteiger partial charge in [-0.25, -0.2) is 4.98 Å². The summed E-state index contributed by atoms with van der Waals surface area (Å²) in [5.74, 6) is 1.43. The molecular formula is C20H23N3O2S2. The molecule has 0 bridgehead atoms. The van der Waals surface area contributed by atoms with Gasteiger partial charge in [-0.05, 0) is 33.3 Å². The molecule has 0 radical (unpaired) electrons. The van der Waals surface area contributed by atoms with E-state index in [4.69, 9.17) is 0 Å². The van der Waals surface area contributed by atoms with Gasteiger partial charge in [0, 0.05) is 16.5 Å². The van der Waals surface area contributed by atoms with Crippen LogP contribution >= 0.6 is 23.1 Å². The lowest BCUT2D eigenvalue weighted by atomic mass is 10.0. The average Bonchev–Trinajstić information content (AvgIpc) is 2.91. The zero-order valence-electron chi connectivity index (χ0n) is 15.9. The highest BCUT2D eigenvalue weighted by atomic mass is 32.2. The number of fused-ring (bicyclic) bond motifs is 1. The van der Waals surface area contributed by atoms with Crippen LogP contribution in [0.25, 0.3) is 21.3 Å². The van der Waals surface area contributed by atoms with Crippen LogP contribution in [-0.4, -0.2) is 27.7 Å². The summed E-state index contributed by atoms with van der Waals surface area (Å²) in [6.45, 7) is 7.92. The number of thiophene rings is 1. The van der Waals surface area contributed by atoms with Gasteiger partial charge < -0.3 is 10.3 Å². The number of aromatic nitrogens is 2. The van der Waals surface area contributed by atoms with Gasteiger partial charge in [-0.1, -0.05) is 29.8 Å². The molecule has 0 saturated heterocycles. The number of carbonyl (C=O) groups excluding carboxylic acids is 1. The van der Waals surface area contributed by atoms with Crippen molar-refractivity contribution >= 4 is 39.2 Å². The Kier molecular flexibility index (Phi) is 6.01. The van der Waals surface area contributed by atoms with Crippen LogP contribution in [0.3, 0.4) is 0 Å². The Morgan fingerprint density at radius 1 is 1.26 bits per heavy atom. The quantitative estimate of drug-likeness (QED) is 0.654. The number of nitrogens with one attached hydrogen (secondary N) is 2. The van der Waals surface area contributed by atoms with E-state index >= 15 is 0 Å². The molecule has 2 N–H and O–H groups in total. The van der Waals surface area contributed by atoms with Crippen LogP contribution in [0.15, 0.2) is 29.1 Å². The molecule has 3 rings (SSSR count). The molecule has 0 aliphatic rings. The van der Waals surface area contributed by atoms with Crippen molar-refractivity contribution < 1.29 is 4.79 Å². The second kappa shape index (κ2) is 8.27. The highest BCUT2D eigenvalue weighted by molar-refractivity contribution is 7.99. The predicted octanol–water partition coefficient (Wildman–Crippen LogP) is 4.03. The number of nitrogens with zero attached hydrogens (tertiary/aromatic N) is 1. The van der Waals surface area contributed by atoms with Crippen LogP contribution < -0.4 is 10.9 Å². The smallest absolute Gasteiger partial charge is 0.260 e. The molecule has 0 atom stereocenters. The molecule has 1 amide bonds. The molecule has 2 heterocycles. The van der Waals surface area contributed by atoms with Crippen molar-refractivity contribution in [2.75, 3.05) is 5.75 Å². The van der Waals surface area contributed by atoms with Crippen LogP contribution in [0, 0.1) is 13.8 Å². The fourth-order valence-electron chi connectivity index (χ4n) is 2.90. The number of benzene rings is 1. The summed E-state index contributed by atoms with van der Waals surface area (Å²) >= 11 is 2.98. The number of aryl methyl sites for hydroxylation is 2. The normalized spacial score (nSPS) is 11.3. The van der Waals surface area contributed by atoms with E-state index in [2.05, 4.69) is 15.3 Å². The maximum absolute atomic E-state index is 12.7. The van der Waals surface area contributed by atoms with Gasteiger partial charge in [0.05, 0.1) is 16.9 Å². The molecule has 5 nitrogen and oxygen atoms in total. The summed E-state index contributed by atoms with van der Waals surface area (Å²) in [4.78, 5) is 33.8. The summed E-state index contributed by atoms with van der Waals surface area (Å²) in [6.07, 6.45) is 0.